The van der Waals surface area contributed by atoms with Crippen LogP contribution in [-0.2, 0) is 24.2 Å². The van der Waals surface area contributed by atoms with Crippen LogP contribution in [0.4, 0.5) is 0 Å². The van der Waals surface area contributed by atoms with Gasteiger partial charge in [0.15, 0.2) is 0 Å². The number of aromatic nitrogens is 2. The van der Waals surface area contributed by atoms with Gasteiger partial charge in [0, 0.05) is 49.4 Å². The van der Waals surface area contributed by atoms with Crippen molar-refractivity contribution in [2.45, 2.75) is 57.8 Å². The number of fused-ring (bicyclic) bond motifs is 1. The van der Waals surface area contributed by atoms with Crippen molar-refractivity contribution in [3.8, 4) is 0 Å². The molecule has 1 saturated heterocycles. The quantitative estimate of drug-likeness (QED) is 0.910. The molecule has 1 amide bonds. The first-order valence-corrected chi connectivity index (χ1v) is 9.23. The van der Waals surface area contributed by atoms with Crippen LogP contribution in [0.3, 0.4) is 0 Å². The second-order valence-electron chi connectivity index (χ2n) is 7.58. The van der Waals surface area contributed by atoms with Crippen molar-refractivity contribution in [3.63, 3.8) is 0 Å². The minimum atomic E-state index is 0.235. The van der Waals surface area contributed by atoms with Gasteiger partial charge < -0.3 is 10.2 Å². The second-order valence-corrected chi connectivity index (χ2v) is 7.58. The highest BCUT2D eigenvalue weighted by atomic mass is 16.2. The number of nitrogens with zero attached hydrogens (tertiary/aromatic N) is 3. The summed E-state index contributed by atoms with van der Waals surface area (Å²) in [5.74, 6) is 0.285. The number of benzene rings is 1. The molecule has 2 aliphatic rings. The normalized spacial score (nSPS) is 20.7. The average molecular weight is 338 g/mol. The zero-order valence-electron chi connectivity index (χ0n) is 15.0. The summed E-state index contributed by atoms with van der Waals surface area (Å²) in [6.07, 6.45) is 6.59. The topological polar surface area (TPSA) is 50.2 Å². The average Bonchev–Trinajstić information content (AvgIpc) is 3.30. The van der Waals surface area contributed by atoms with E-state index in [1.807, 2.05) is 10.9 Å². The highest BCUT2D eigenvalue weighted by molar-refractivity contribution is 5.79. The molecule has 132 valence electrons. The molecule has 1 aromatic carbocycles. The first kappa shape index (κ1) is 16.3. The third-order valence-corrected chi connectivity index (χ3v) is 5.41. The summed E-state index contributed by atoms with van der Waals surface area (Å²) in [5.41, 5.74) is 3.98. The number of hydrogen-bond donors (Lipinski definition) is 1. The van der Waals surface area contributed by atoms with Crippen LogP contribution in [0.2, 0.25) is 0 Å². The van der Waals surface area contributed by atoms with Crippen LogP contribution < -0.4 is 5.32 Å². The van der Waals surface area contributed by atoms with Crippen molar-refractivity contribution >= 4 is 5.91 Å². The monoisotopic (exact) mass is 338 g/mol. The van der Waals surface area contributed by atoms with Gasteiger partial charge in [0.25, 0.3) is 0 Å². The predicted octanol–water partition coefficient (Wildman–Crippen LogP) is 2.32. The lowest BCUT2D eigenvalue weighted by Gasteiger charge is -2.24. The fourth-order valence-electron chi connectivity index (χ4n) is 3.99. The van der Waals surface area contributed by atoms with E-state index in [-0.39, 0.29) is 11.9 Å². The second kappa shape index (κ2) is 6.64. The summed E-state index contributed by atoms with van der Waals surface area (Å²) in [5, 5.41) is 7.92. The van der Waals surface area contributed by atoms with Gasteiger partial charge in [0.1, 0.15) is 0 Å². The number of carbonyl (C=O) groups is 1. The van der Waals surface area contributed by atoms with Crippen molar-refractivity contribution in [2.75, 3.05) is 6.54 Å². The Kier molecular flexibility index (Phi) is 4.34. The number of nitrogens with one attached hydrogen (secondary N) is 1. The van der Waals surface area contributed by atoms with E-state index in [4.69, 9.17) is 0 Å². The molecule has 1 fully saturated rings. The van der Waals surface area contributed by atoms with Crippen LogP contribution in [0.1, 0.15) is 43.0 Å². The maximum absolute atomic E-state index is 12.5. The molecule has 2 aromatic rings. The molecular weight excluding hydrogens is 312 g/mol. The summed E-state index contributed by atoms with van der Waals surface area (Å²) in [6.45, 7) is 5.83. The van der Waals surface area contributed by atoms with Gasteiger partial charge in [-0.15, -0.1) is 0 Å². The summed E-state index contributed by atoms with van der Waals surface area (Å²) >= 11 is 0. The largest absolute Gasteiger partial charge is 0.337 e. The number of amides is 1. The Balaban J connectivity index is 1.33. The molecule has 1 N–H and O–H groups in total. The Morgan fingerprint density at radius 1 is 1.20 bits per heavy atom. The van der Waals surface area contributed by atoms with Crippen LogP contribution in [0.25, 0.3) is 0 Å². The molecule has 4 rings (SSSR count). The summed E-state index contributed by atoms with van der Waals surface area (Å²) in [6, 6.07) is 9.51. The lowest BCUT2D eigenvalue weighted by molar-refractivity contribution is -0.129. The molecule has 1 unspecified atom stereocenters. The standard InChI is InChI=1S/C20H26N4O/c1-14(2)24-12-15(11-22-24)10-21-18-9-20(25)23(13-18)19-7-16-5-3-4-6-17(16)8-19/h3-6,11-12,14,18-19,21H,7-10,13H2,1-2H3. The van der Waals surface area contributed by atoms with E-state index in [0.29, 0.717) is 18.5 Å². The molecule has 5 heteroatoms. The van der Waals surface area contributed by atoms with Crippen molar-refractivity contribution < 1.29 is 4.79 Å². The first-order valence-electron chi connectivity index (χ1n) is 9.23. The number of rotatable bonds is 5. The Morgan fingerprint density at radius 3 is 2.56 bits per heavy atom. The molecule has 0 bridgehead atoms. The van der Waals surface area contributed by atoms with E-state index in [2.05, 4.69) is 59.6 Å². The molecule has 1 aliphatic heterocycles. The maximum Gasteiger partial charge on any atom is 0.224 e. The van der Waals surface area contributed by atoms with E-state index in [1.165, 1.54) is 16.7 Å². The fraction of sp³-hybridized carbons (Fsp3) is 0.500. The van der Waals surface area contributed by atoms with Gasteiger partial charge in [-0.25, -0.2) is 0 Å². The fourth-order valence-corrected chi connectivity index (χ4v) is 3.99. The molecule has 1 atom stereocenters. The molecule has 1 aromatic heterocycles. The molecule has 1 aliphatic carbocycles. The van der Waals surface area contributed by atoms with Crippen LogP contribution >= 0.6 is 0 Å². The number of carbonyl (C=O) groups excluding carboxylic acids is 1. The molecule has 0 spiro atoms. The molecule has 5 nitrogen and oxygen atoms in total. The van der Waals surface area contributed by atoms with Crippen LogP contribution in [0, 0.1) is 0 Å². The van der Waals surface area contributed by atoms with Gasteiger partial charge in [0.05, 0.1) is 6.20 Å². The molecule has 25 heavy (non-hydrogen) atoms. The van der Waals surface area contributed by atoms with E-state index < -0.39 is 0 Å². The lowest BCUT2D eigenvalue weighted by atomic mass is 10.1. The van der Waals surface area contributed by atoms with E-state index in [1.54, 1.807) is 0 Å². The zero-order valence-corrected chi connectivity index (χ0v) is 15.0. The van der Waals surface area contributed by atoms with Gasteiger partial charge >= 0.3 is 0 Å². The summed E-state index contributed by atoms with van der Waals surface area (Å²) in [7, 11) is 0. The smallest absolute Gasteiger partial charge is 0.224 e. The van der Waals surface area contributed by atoms with Crippen molar-refractivity contribution in [1.29, 1.82) is 0 Å². The van der Waals surface area contributed by atoms with E-state index in [9.17, 15) is 4.79 Å². The minimum Gasteiger partial charge on any atom is -0.337 e. The summed E-state index contributed by atoms with van der Waals surface area (Å²) < 4.78 is 1.97. The first-order chi connectivity index (χ1) is 12.1. The van der Waals surface area contributed by atoms with Gasteiger partial charge in [-0.2, -0.15) is 5.10 Å². The van der Waals surface area contributed by atoms with Crippen LogP contribution in [-0.4, -0.2) is 39.2 Å². The Morgan fingerprint density at radius 2 is 1.92 bits per heavy atom. The van der Waals surface area contributed by atoms with Crippen molar-refractivity contribution in [3.05, 3.63) is 53.3 Å². The maximum atomic E-state index is 12.5. The van der Waals surface area contributed by atoms with Gasteiger partial charge in [-0.1, -0.05) is 24.3 Å². The highest BCUT2D eigenvalue weighted by Crippen LogP contribution is 2.28. The Bertz CT molecular complexity index is 742. The minimum absolute atomic E-state index is 0.235. The van der Waals surface area contributed by atoms with E-state index in [0.717, 1.165) is 25.9 Å². The SMILES string of the molecule is CC(C)n1cc(CNC2CC(=O)N(C3Cc4ccccc4C3)C2)cn1. The van der Waals surface area contributed by atoms with Gasteiger partial charge in [-0.3, -0.25) is 9.48 Å². The molecule has 2 heterocycles. The van der Waals surface area contributed by atoms with Crippen LogP contribution in [0.15, 0.2) is 36.7 Å². The Hall–Kier alpha value is -2.14. The Labute approximate surface area is 149 Å². The van der Waals surface area contributed by atoms with Gasteiger partial charge in [-0.05, 0) is 37.8 Å². The van der Waals surface area contributed by atoms with Crippen molar-refractivity contribution in [2.24, 2.45) is 0 Å². The highest BCUT2D eigenvalue weighted by Gasteiger charge is 2.36. The zero-order chi connectivity index (χ0) is 17.4. The summed E-state index contributed by atoms with van der Waals surface area (Å²) in [4.78, 5) is 14.6. The molecule has 0 saturated carbocycles. The van der Waals surface area contributed by atoms with E-state index >= 15 is 0 Å². The third kappa shape index (κ3) is 3.33. The van der Waals surface area contributed by atoms with Crippen molar-refractivity contribution in [1.82, 2.24) is 20.0 Å². The van der Waals surface area contributed by atoms with Crippen LogP contribution in [0.5, 0.6) is 0 Å². The molecule has 0 radical (unpaired) electrons. The predicted molar refractivity (Wildman–Crippen MR) is 97.2 cm³/mol. The van der Waals surface area contributed by atoms with Gasteiger partial charge in [0.2, 0.25) is 5.91 Å². The molecular formula is C20H26N4O. The third-order valence-electron chi connectivity index (χ3n) is 5.41. The lowest BCUT2D eigenvalue weighted by Crippen LogP contribution is -2.39. The number of likely N-dealkylation sites (tertiary alicyclic amines) is 1. The number of hydrogen-bond acceptors (Lipinski definition) is 3.